The van der Waals surface area contributed by atoms with Crippen molar-refractivity contribution in [1.82, 2.24) is 0 Å². The number of hydrogen-bond donors (Lipinski definition) is 2. The number of anilines is 2. The van der Waals surface area contributed by atoms with Crippen LogP contribution in [0, 0.1) is 17.3 Å². The van der Waals surface area contributed by atoms with E-state index < -0.39 is 5.60 Å². The first-order valence-electron chi connectivity index (χ1n) is 14.2. The highest BCUT2D eigenvalue weighted by Gasteiger charge is 2.64. The van der Waals surface area contributed by atoms with Crippen molar-refractivity contribution in [1.29, 1.82) is 0 Å². The van der Waals surface area contributed by atoms with E-state index in [1.165, 1.54) is 22.4 Å². The molecule has 0 aromatic heterocycles. The smallest absolute Gasteiger partial charge is 0.115 e. The van der Waals surface area contributed by atoms with Crippen LogP contribution in [0.4, 0.5) is 11.4 Å². The van der Waals surface area contributed by atoms with Gasteiger partial charge in [-0.2, -0.15) is 0 Å². The van der Waals surface area contributed by atoms with E-state index in [1.54, 1.807) is 0 Å². The minimum absolute atomic E-state index is 0.215. The van der Waals surface area contributed by atoms with Crippen molar-refractivity contribution >= 4 is 11.4 Å². The normalized spacial score (nSPS) is 31.7. The molecule has 3 aromatic rings. The first-order chi connectivity index (χ1) is 18.1. The van der Waals surface area contributed by atoms with Crippen LogP contribution in [0.5, 0.6) is 5.75 Å². The second-order valence-corrected chi connectivity index (χ2v) is 12.8. The van der Waals surface area contributed by atoms with Crippen LogP contribution >= 0.6 is 0 Å². The molecule has 6 atom stereocenters. The van der Waals surface area contributed by atoms with Crippen molar-refractivity contribution in [3.8, 4) is 5.75 Å². The van der Waals surface area contributed by atoms with Crippen LogP contribution in [0.25, 0.3) is 0 Å². The summed E-state index contributed by atoms with van der Waals surface area (Å²) in [6.45, 7) is 2.38. The summed E-state index contributed by atoms with van der Waals surface area (Å²) in [5.74, 6) is 2.06. The van der Waals surface area contributed by atoms with Crippen LogP contribution in [0.3, 0.4) is 0 Å². The molecule has 0 saturated heterocycles. The third-order valence-electron chi connectivity index (χ3n) is 10.6. The van der Waals surface area contributed by atoms with Gasteiger partial charge in [0, 0.05) is 45.0 Å². The Labute approximate surface area is 227 Å². The van der Waals surface area contributed by atoms with Gasteiger partial charge in [0.1, 0.15) is 5.75 Å². The summed E-state index contributed by atoms with van der Waals surface area (Å²) in [4.78, 5) is 4.26. The van der Waals surface area contributed by atoms with Crippen LogP contribution in [-0.2, 0) is 12.0 Å². The van der Waals surface area contributed by atoms with E-state index in [4.69, 9.17) is 0 Å². The average Bonchev–Trinajstić information content (AvgIpc) is 3.19. The topological polar surface area (TPSA) is 46.9 Å². The van der Waals surface area contributed by atoms with E-state index in [9.17, 15) is 10.2 Å². The molecule has 3 aliphatic carbocycles. The molecule has 0 heterocycles. The van der Waals surface area contributed by atoms with E-state index in [-0.39, 0.29) is 5.41 Å². The minimum Gasteiger partial charge on any atom is -0.508 e. The maximum atomic E-state index is 12.6. The summed E-state index contributed by atoms with van der Waals surface area (Å²) < 4.78 is 0. The number of phenols is 1. The molecule has 38 heavy (non-hydrogen) atoms. The number of fused-ring (bicyclic) bond motifs is 5. The lowest BCUT2D eigenvalue weighted by Gasteiger charge is -2.56. The standard InChI is InChI=1S/C34H42N2O2/c1-33-21-30(22-6-11-25(12-7-22)35(2)3)32-28-17-15-27(37)20-23(28)8-16-29(32)31(33)18-19-34(33,38)24-9-13-26(14-10-24)36(4)5/h6-7,9-15,17,20,29-32,37-38H,8,16,18-19,21H2,1-5H3/t29-,30?,31-,32+,33-,34?/m0/s1. The van der Waals surface area contributed by atoms with Gasteiger partial charge in [-0.15, -0.1) is 0 Å². The predicted molar refractivity (Wildman–Crippen MR) is 156 cm³/mol. The molecule has 4 nitrogen and oxygen atoms in total. The first kappa shape index (κ1) is 25.3. The van der Waals surface area contributed by atoms with Crippen molar-refractivity contribution < 1.29 is 10.2 Å². The maximum absolute atomic E-state index is 12.6. The van der Waals surface area contributed by atoms with Crippen LogP contribution in [0.2, 0.25) is 0 Å². The zero-order valence-corrected chi connectivity index (χ0v) is 23.5. The Morgan fingerprint density at radius 3 is 2.08 bits per heavy atom. The monoisotopic (exact) mass is 510 g/mol. The molecule has 0 amide bonds. The van der Waals surface area contributed by atoms with Gasteiger partial charge in [0.25, 0.3) is 0 Å². The second-order valence-electron chi connectivity index (χ2n) is 12.8. The van der Waals surface area contributed by atoms with Gasteiger partial charge in [-0.25, -0.2) is 0 Å². The van der Waals surface area contributed by atoms with Gasteiger partial charge >= 0.3 is 0 Å². The summed E-state index contributed by atoms with van der Waals surface area (Å²) in [6, 6.07) is 23.8. The predicted octanol–water partition coefficient (Wildman–Crippen LogP) is 6.66. The molecule has 0 spiro atoms. The highest BCUT2D eigenvalue weighted by molar-refractivity contribution is 5.50. The van der Waals surface area contributed by atoms with E-state index in [2.05, 4.69) is 99.5 Å². The Bertz CT molecular complexity index is 1320. The molecule has 6 rings (SSSR count). The Morgan fingerprint density at radius 1 is 0.816 bits per heavy atom. The van der Waals surface area contributed by atoms with Crippen LogP contribution in [0.1, 0.15) is 66.7 Å². The quantitative estimate of drug-likeness (QED) is 0.412. The first-order valence-corrected chi connectivity index (χ1v) is 14.2. The average molecular weight is 511 g/mol. The molecule has 2 fully saturated rings. The Balaban J connectivity index is 1.46. The van der Waals surface area contributed by atoms with Gasteiger partial charge in [0.05, 0.1) is 5.60 Å². The van der Waals surface area contributed by atoms with Gasteiger partial charge < -0.3 is 20.0 Å². The number of hydrogen-bond acceptors (Lipinski definition) is 4. The number of nitrogens with zero attached hydrogens (tertiary/aromatic N) is 2. The summed E-state index contributed by atoms with van der Waals surface area (Å²) in [7, 11) is 8.29. The zero-order valence-electron chi connectivity index (χ0n) is 23.5. The van der Waals surface area contributed by atoms with Gasteiger partial charge in [0.2, 0.25) is 0 Å². The van der Waals surface area contributed by atoms with Gasteiger partial charge in [-0.3, -0.25) is 0 Å². The van der Waals surface area contributed by atoms with E-state index in [0.29, 0.717) is 29.4 Å². The molecular weight excluding hydrogens is 468 g/mol. The minimum atomic E-state index is -0.843. The van der Waals surface area contributed by atoms with Gasteiger partial charge in [0.15, 0.2) is 0 Å². The molecule has 2 unspecified atom stereocenters. The van der Waals surface area contributed by atoms with Crippen molar-refractivity contribution in [2.75, 3.05) is 38.0 Å². The summed E-state index contributed by atoms with van der Waals surface area (Å²) in [5.41, 5.74) is 6.45. The molecule has 0 aliphatic heterocycles. The SMILES string of the molecule is CN(C)c1ccc(C2C[C@@]3(C)[C@@H](CCC3(O)c3ccc(N(C)C)cc3)[C@@H]3CCc4cc(O)ccc4[C@@H]23)cc1. The molecular formula is C34H42N2O2. The summed E-state index contributed by atoms with van der Waals surface area (Å²) in [5, 5.41) is 22.8. The van der Waals surface area contributed by atoms with Crippen LogP contribution in [0.15, 0.2) is 66.7 Å². The number of rotatable bonds is 4. The third-order valence-corrected chi connectivity index (χ3v) is 10.6. The molecule has 0 bridgehead atoms. The van der Waals surface area contributed by atoms with E-state index >= 15 is 0 Å². The second kappa shape index (κ2) is 9.05. The highest BCUT2D eigenvalue weighted by atomic mass is 16.3. The lowest BCUT2D eigenvalue weighted by molar-refractivity contribution is -0.114. The molecule has 2 saturated carbocycles. The number of aliphatic hydroxyl groups is 1. The van der Waals surface area contributed by atoms with Crippen molar-refractivity contribution in [3.63, 3.8) is 0 Å². The molecule has 200 valence electrons. The van der Waals surface area contributed by atoms with Crippen molar-refractivity contribution in [2.45, 2.75) is 56.5 Å². The van der Waals surface area contributed by atoms with E-state index in [1.807, 2.05) is 12.1 Å². The summed E-state index contributed by atoms with van der Waals surface area (Å²) >= 11 is 0. The lowest BCUT2D eigenvalue weighted by Crippen LogP contribution is -2.51. The maximum Gasteiger partial charge on any atom is 0.115 e. The van der Waals surface area contributed by atoms with Gasteiger partial charge in [-0.05, 0) is 114 Å². The fraction of sp³-hybridized carbons (Fsp3) is 0.471. The number of aromatic hydroxyl groups is 1. The largest absolute Gasteiger partial charge is 0.508 e. The molecule has 4 heteroatoms. The number of benzene rings is 3. The molecule has 3 aliphatic rings. The lowest BCUT2D eigenvalue weighted by atomic mass is 9.48. The Morgan fingerprint density at radius 2 is 1.45 bits per heavy atom. The zero-order chi connectivity index (χ0) is 26.8. The fourth-order valence-electron chi connectivity index (χ4n) is 8.55. The Kier molecular flexibility index (Phi) is 6.03. The third kappa shape index (κ3) is 3.75. The highest BCUT2D eigenvalue weighted by Crippen LogP contribution is 2.70. The van der Waals surface area contributed by atoms with Crippen molar-refractivity contribution in [2.24, 2.45) is 17.3 Å². The fourth-order valence-corrected chi connectivity index (χ4v) is 8.55. The van der Waals surface area contributed by atoms with E-state index in [0.717, 1.165) is 43.4 Å². The van der Waals surface area contributed by atoms with Gasteiger partial charge in [-0.1, -0.05) is 37.3 Å². The molecule has 2 N–H and O–H groups in total. The number of aryl methyl sites for hydroxylation is 1. The number of phenolic OH excluding ortho intramolecular Hbond substituents is 1. The Hall–Kier alpha value is -2.98. The summed E-state index contributed by atoms with van der Waals surface area (Å²) in [6.07, 6.45) is 4.94. The molecule has 3 aromatic carbocycles. The molecule has 0 radical (unpaired) electrons. The van der Waals surface area contributed by atoms with Crippen molar-refractivity contribution in [3.05, 3.63) is 89.0 Å². The van der Waals surface area contributed by atoms with Crippen LogP contribution in [-0.4, -0.2) is 38.4 Å². The van der Waals surface area contributed by atoms with Crippen LogP contribution < -0.4 is 9.80 Å².